The van der Waals surface area contributed by atoms with Gasteiger partial charge in [-0.2, -0.15) is 0 Å². The minimum atomic E-state index is 0.586. The molecule has 3 aromatic rings. The lowest BCUT2D eigenvalue weighted by Crippen LogP contribution is -2.31. The van der Waals surface area contributed by atoms with Crippen molar-refractivity contribution in [3.8, 4) is 11.4 Å². The van der Waals surface area contributed by atoms with Crippen LogP contribution in [0, 0.1) is 0 Å². The predicted molar refractivity (Wildman–Crippen MR) is 108 cm³/mol. The molecular weight excluding hydrogens is 404 g/mol. The highest BCUT2D eigenvalue weighted by Gasteiger charge is 2.23. The highest BCUT2D eigenvalue weighted by Crippen LogP contribution is 2.34. The second-order valence-electron chi connectivity index (χ2n) is 6.12. The van der Waals surface area contributed by atoms with E-state index in [4.69, 9.17) is 16.3 Å². The van der Waals surface area contributed by atoms with Crippen molar-refractivity contribution in [2.75, 3.05) is 25.1 Å². The highest BCUT2D eigenvalue weighted by atomic mass is 35.5. The van der Waals surface area contributed by atoms with E-state index in [9.17, 15) is 0 Å². The van der Waals surface area contributed by atoms with Crippen LogP contribution in [0.5, 0.6) is 5.75 Å². The van der Waals surface area contributed by atoms with Gasteiger partial charge in [-0.25, -0.2) is 0 Å². The third-order valence-electron chi connectivity index (χ3n) is 4.43. The molecule has 142 valence electrons. The van der Waals surface area contributed by atoms with E-state index in [0.717, 1.165) is 41.3 Å². The lowest BCUT2D eigenvalue weighted by molar-refractivity contribution is 0.412. The number of anilines is 1. The molecule has 2 aromatic heterocycles. The quantitative estimate of drug-likeness (QED) is 0.554. The third kappa shape index (κ3) is 3.90. The van der Waals surface area contributed by atoms with E-state index in [1.807, 2.05) is 24.3 Å². The summed E-state index contributed by atoms with van der Waals surface area (Å²) in [5.41, 5.74) is 1.69. The van der Waals surface area contributed by atoms with Crippen molar-refractivity contribution in [1.82, 2.24) is 24.4 Å². The fourth-order valence-electron chi connectivity index (χ4n) is 3.10. The average Bonchev–Trinajstić information content (AvgIpc) is 3.32. The van der Waals surface area contributed by atoms with Crippen molar-refractivity contribution < 1.29 is 4.74 Å². The molecular formula is C17H19ClN6OS2. The van der Waals surface area contributed by atoms with E-state index in [1.54, 1.807) is 18.9 Å². The van der Waals surface area contributed by atoms with E-state index in [1.165, 1.54) is 30.8 Å². The summed E-state index contributed by atoms with van der Waals surface area (Å²) >= 11 is 8.89. The van der Waals surface area contributed by atoms with Gasteiger partial charge in [-0.05, 0) is 31.4 Å². The summed E-state index contributed by atoms with van der Waals surface area (Å²) < 4.78 is 12.2. The van der Waals surface area contributed by atoms with Crippen LogP contribution in [0.2, 0.25) is 4.34 Å². The third-order valence-corrected chi connectivity index (χ3v) is 6.35. The Morgan fingerprint density at radius 2 is 1.96 bits per heavy atom. The number of thioether (sulfide) groups is 1. The Hall–Kier alpha value is -1.84. The molecule has 0 saturated carbocycles. The molecule has 7 nitrogen and oxygen atoms in total. The second kappa shape index (κ2) is 8.45. The molecule has 0 bridgehead atoms. The maximum atomic E-state index is 6.15. The monoisotopic (exact) mass is 422 g/mol. The maximum absolute atomic E-state index is 6.15. The zero-order valence-corrected chi connectivity index (χ0v) is 17.2. The molecule has 1 aliphatic heterocycles. The van der Waals surface area contributed by atoms with Crippen LogP contribution in [0.25, 0.3) is 5.69 Å². The zero-order valence-electron chi connectivity index (χ0n) is 14.8. The minimum absolute atomic E-state index is 0.586. The van der Waals surface area contributed by atoms with Gasteiger partial charge in [0.15, 0.2) is 5.16 Å². The van der Waals surface area contributed by atoms with Gasteiger partial charge in [0.1, 0.15) is 15.8 Å². The highest BCUT2D eigenvalue weighted by molar-refractivity contribution is 7.98. The molecule has 4 rings (SSSR count). The van der Waals surface area contributed by atoms with Gasteiger partial charge in [-0.15, -0.1) is 15.3 Å². The fourth-order valence-corrected chi connectivity index (χ4v) is 4.77. The van der Waals surface area contributed by atoms with Crippen LogP contribution in [0.4, 0.5) is 5.95 Å². The number of piperidine rings is 1. The molecule has 0 aliphatic carbocycles. The predicted octanol–water partition coefficient (Wildman–Crippen LogP) is 4.06. The van der Waals surface area contributed by atoms with Gasteiger partial charge in [-0.1, -0.05) is 40.0 Å². The number of hydrogen-bond donors (Lipinski definition) is 0. The molecule has 0 N–H and O–H groups in total. The normalized spacial score (nSPS) is 14.5. The van der Waals surface area contributed by atoms with Crippen molar-refractivity contribution in [2.45, 2.75) is 30.2 Å². The molecule has 1 aromatic carbocycles. The Kier molecular flexibility index (Phi) is 5.80. The molecule has 1 saturated heterocycles. The Morgan fingerprint density at radius 3 is 2.70 bits per heavy atom. The summed E-state index contributed by atoms with van der Waals surface area (Å²) in [6.07, 6.45) is 3.60. The SMILES string of the molecule is COc1ccccc1-n1c(SCc2nnsc2Cl)nnc1N1CCCCC1. The number of hydrogen-bond acceptors (Lipinski definition) is 8. The van der Waals surface area contributed by atoms with E-state index >= 15 is 0 Å². The number of para-hydroxylation sites is 2. The van der Waals surface area contributed by atoms with Crippen molar-refractivity contribution in [3.05, 3.63) is 34.3 Å². The minimum Gasteiger partial charge on any atom is -0.495 e. The Balaban J connectivity index is 1.72. The van der Waals surface area contributed by atoms with Crippen LogP contribution in [0.3, 0.4) is 0 Å². The number of ether oxygens (including phenoxy) is 1. The van der Waals surface area contributed by atoms with Crippen LogP contribution in [-0.2, 0) is 5.75 Å². The van der Waals surface area contributed by atoms with E-state index in [-0.39, 0.29) is 0 Å². The van der Waals surface area contributed by atoms with Crippen molar-refractivity contribution >= 4 is 40.8 Å². The first-order chi connectivity index (χ1) is 13.3. The smallest absolute Gasteiger partial charge is 0.232 e. The molecule has 0 radical (unpaired) electrons. The molecule has 1 fully saturated rings. The summed E-state index contributed by atoms with van der Waals surface area (Å²) in [5.74, 6) is 2.22. The maximum Gasteiger partial charge on any atom is 0.232 e. The number of benzene rings is 1. The molecule has 0 atom stereocenters. The van der Waals surface area contributed by atoms with Crippen molar-refractivity contribution in [2.24, 2.45) is 0 Å². The topological polar surface area (TPSA) is 69.0 Å². The summed E-state index contributed by atoms with van der Waals surface area (Å²) in [7, 11) is 1.68. The standard InChI is InChI=1S/C17H19ClN6OS2/c1-25-14-8-4-3-7-13(14)24-16(23-9-5-2-6-10-23)20-21-17(24)26-11-12-15(18)27-22-19-12/h3-4,7-8H,2,5-6,9-11H2,1H3. The zero-order chi connectivity index (χ0) is 18.6. The van der Waals surface area contributed by atoms with Gasteiger partial charge in [0.05, 0.1) is 12.8 Å². The fraction of sp³-hybridized carbons (Fsp3) is 0.412. The van der Waals surface area contributed by atoms with Gasteiger partial charge >= 0.3 is 0 Å². The lowest BCUT2D eigenvalue weighted by atomic mass is 10.1. The van der Waals surface area contributed by atoms with E-state index < -0.39 is 0 Å². The number of methoxy groups -OCH3 is 1. The average molecular weight is 423 g/mol. The first-order valence-corrected chi connectivity index (χ1v) is 10.8. The van der Waals surface area contributed by atoms with Crippen LogP contribution in [0.1, 0.15) is 25.0 Å². The van der Waals surface area contributed by atoms with Crippen molar-refractivity contribution in [1.29, 1.82) is 0 Å². The molecule has 0 unspecified atom stereocenters. The van der Waals surface area contributed by atoms with Gasteiger partial charge in [0, 0.05) is 30.4 Å². The van der Waals surface area contributed by atoms with Crippen LogP contribution >= 0.6 is 34.9 Å². The largest absolute Gasteiger partial charge is 0.495 e. The summed E-state index contributed by atoms with van der Waals surface area (Å²) in [6, 6.07) is 7.93. The first kappa shape index (κ1) is 18.5. The van der Waals surface area contributed by atoms with Gasteiger partial charge in [-0.3, -0.25) is 4.57 Å². The van der Waals surface area contributed by atoms with Gasteiger partial charge in [0.25, 0.3) is 0 Å². The Labute approximate surface area is 170 Å². The number of aromatic nitrogens is 5. The first-order valence-electron chi connectivity index (χ1n) is 8.71. The second-order valence-corrected chi connectivity index (χ2v) is 8.42. The molecule has 1 aliphatic rings. The van der Waals surface area contributed by atoms with Crippen LogP contribution in [0.15, 0.2) is 29.4 Å². The van der Waals surface area contributed by atoms with Crippen molar-refractivity contribution in [3.63, 3.8) is 0 Å². The summed E-state index contributed by atoms with van der Waals surface area (Å²) in [5, 5.41) is 13.8. The van der Waals surface area contributed by atoms with Crippen LogP contribution in [-0.4, -0.2) is 44.6 Å². The molecule has 3 heterocycles. The molecule has 0 spiro atoms. The van der Waals surface area contributed by atoms with E-state index in [2.05, 4.69) is 29.3 Å². The number of halogens is 1. The molecule has 27 heavy (non-hydrogen) atoms. The summed E-state index contributed by atoms with van der Waals surface area (Å²) in [6.45, 7) is 1.97. The Bertz CT molecular complexity index is 908. The van der Waals surface area contributed by atoms with Gasteiger partial charge < -0.3 is 9.64 Å². The molecule has 10 heteroatoms. The lowest BCUT2D eigenvalue weighted by Gasteiger charge is -2.28. The van der Waals surface area contributed by atoms with E-state index in [0.29, 0.717) is 10.1 Å². The summed E-state index contributed by atoms with van der Waals surface area (Å²) in [4.78, 5) is 2.30. The Morgan fingerprint density at radius 1 is 1.15 bits per heavy atom. The number of rotatable bonds is 6. The van der Waals surface area contributed by atoms with Gasteiger partial charge in [0.2, 0.25) is 5.95 Å². The number of nitrogens with zero attached hydrogens (tertiary/aromatic N) is 6. The van der Waals surface area contributed by atoms with Crippen LogP contribution < -0.4 is 9.64 Å². The molecule has 0 amide bonds.